The lowest BCUT2D eigenvalue weighted by atomic mass is 9.99. The Kier molecular flexibility index (Phi) is 5.25. The molecule has 0 saturated carbocycles. The maximum Gasteiger partial charge on any atom is 0.187 e. The average Bonchev–Trinajstić information content (AvgIpc) is 2.52. The van der Waals surface area contributed by atoms with E-state index in [1.165, 1.54) is 0 Å². The molecule has 4 N–H and O–H groups in total. The van der Waals surface area contributed by atoms with Crippen molar-refractivity contribution >= 4 is 0 Å². The molecule has 7 nitrogen and oxygen atoms in total. The van der Waals surface area contributed by atoms with Gasteiger partial charge in [-0.3, -0.25) is 0 Å². The topological polar surface area (TPSA) is 123 Å². The lowest BCUT2D eigenvalue weighted by molar-refractivity contribution is -0.304. The van der Waals surface area contributed by atoms with E-state index in [2.05, 4.69) is 0 Å². The summed E-state index contributed by atoms with van der Waals surface area (Å²) in [6.45, 7) is -0.407. The van der Waals surface area contributed by atoms with Gasteiger partial charge in [0.15, 0.2) is 6.29 Å². The van der Waals surface area contributed by atoms with Crippen LogP contribution < -0.4 is 0 Å². The second-order valence-corrected chi connectivity index (χ2v) is 4.82. The maximum absolute atomic E-state index is 9.80. The van der Waals surface area contributed by atoms with E-state index in [-0.39, 0.29) is 6.61 Å². The Bertz CT molecular complexity index is 497. The number of hydrogen-bond acceptors (Lipinski definition) is 7. The van der Waals surface area contributed by atoms with E-state index in [1.54, 1.807) is 24.3 Å². The van der Waals surface area contributed by atoms with Crippen LogP contribution in [-0.4, -0.2) is 57.7 Å². The summed E-state index contributed by atoms with van der Waals surface area (Å²) >= 11 is 0. The van der Waals surface area contributed by atoms with Crippen molar-refractivity contribution < 1.29 is 29.9 Å². The molecule has 0 bridgehead atoms. The number of benzene rings is 1. The Hall–Kier alpha value is -1.53. The van der Waals surface area contributed by atoms with Crippen molar-refractivity contribution in [3.8, 4) is 6.07 Å². The molecule has 1 aromatic rings. The molecule has 1 aliphatic heterocycles. The number of nitriles is 1. The van der Waals surface area contributed by atoms with Crippen molar-refractivity contribution in [3.05, 3.63) is 35.4 Å². The number of nitrogens with zero attached hydrogens (tertiary/aromatic N) is 1. The molecule has 5 atom stereocenters. The van der Waals surface area contributed by atoms with Crippen molar-refractivity contribution in [2.75, 3.05) is 6.61 Å². The zero-order valence-corrected chi connectivity index (χ0v) is 11.2. The van der Waals surface area contributed by atoms with Gasteiger partial charge in [0.2, 0.25) is 0 Å². The second kappa shape index (κ2) is 6.95. The van der Waals surface area contributed by atoms with Crippen LogP contribution in [0.2, 0.25) is 0 Å². The summed E-state index contributed by atoms with van der Waals surface area (Å²) in [5.41, 5.74) is 1.28. The smallest absolute Gasteiger partial charge is 0.187 e. The molecule has 1 aromatic carbocycles. The largest absolute Gasteiger partial charge is 0.394 e. The summed E-state index contributed by atoms with van der Waals surface area (Å²) in [6.07, 6.45) is -6.42. The molecule has 0 amide bonds. The van der Waals surface area contributed by atoms with Gasteiger partial charge in [-0.2, -0.15) is 5.26 Å². The van der Waals surface area contributed by atoms with Crippen molar-refractivity contribution in [3.63, 3.8) is 0 Å². The molecular formula is C14H17NO6. The maximum atomic E-state index is 9.80. The van der Waals surface area contributed by atoms with Crippen molar-refractivity contribution in [1.82, 2.24) is 0 Å². The molecule has 21 heavy (non-hydrogen) atoms. The fraction of sp³-hybridized carbons (Fsp3) is 0.500. The SMILES string of the molecule is N#Cc1ccc(CO[C@@H]2O[C@H](CO)[C@@H](O)[C@H](O)[C@H]2O)cc1. The Labute approximate surface area is 121 Å². The van der Waals surface area contributed by atoms with Crippen LogP contribution in [-0.2, 0) is 16.1 Å². The summed E-state index contributed by atoms with van der Waals surface area (Å²) in [6, 6.07) is 8.65. The van der Waals surface area contributed by atoms with Crippen LogP contribution in [0.5, 0.6) is 0 Å². The molecule has 0 radical (unpaired) electrons. The van der Waals surface area contributed by atoms with Crippen LogP contribution in [0.4, 0.5) is 0 Å². The van der Waals surface area contributed by atoms with E-state index in [4.69, 9.17) is 19.8 Å². The Morgan fingerprint density at radius 2 is 1.76 bits per heavy atom. The highest BCUT2D eigenvalue weighted by atomic mass is 16.7. The van der Waals surface area contributed by atoms with E-state index in [9.17, 15) is 15.3 Å². The predicted molar refractivity (Wildman–Crippen MR) is 69.7 cm³/mol. The van der Waals surface area contributed by atoms with Gasteiger partial charge in [-0.05, 0) is 17.7 Å². The molecule has 7 heteroatoms. The highest BCUT2D eigenvalue weighted by molar-refractivity contribution is 5.31. The molecule has 0 aromatic heterocycles. The first kappa shape index (κ1) is 15.9. The van der Waals surface area contributed by atoms with E-state index in [0.717, 1.165) is 5.56 Å². The van der Waals surface area contributed by atoms with E-state index < -0.39 is 37.3 Å². The second-order valence-electron chi connectivity index (χ2n) is 4.82. The average molecular weight is 295 g/mol. The minimum Gasteiger partial charge on any atom is -0.394 e. The Morgan fingerprint density at radius 1 is 1.10 bits per heavy atom. The molecule has 1 aliphatic rings. The van der Waals surface area contributed by atoms with Gasteiger partial charge >= 0.3 is 0 Å². The summed E-state index contributed by atoms with van der Waals surface area (Å²) in [4.78, 5) is 0. The third kappa shape index (κ3) is 3.57. The van der Waals surface area contributed by atoms with Crippen LogP contribution in [0, 0.1) is 11.3 Å². The number of hydrogen-bond donors (Lipinski definition) is 4. The quantitative estimate of drug-likeness (QED) is 0.554. The first-order valence-electron chi connectivity index (χ1n) is 6.48. The lowest BCUT2D eigenvalue weighted by Crippen LogP contribution is -2.59. The molecule has 1 saturated heterocycles. The third-order valence-electron chi connectivity index (χ3n) is 3.35. The minimum absolute atomic E-state index is 0.0917. The zero-order valence-electron chi connectivity index (χ0n) is 11.2. The summed E-state index contributed by atoms with van der Waals surface area (Å²) in [5, 5.41) is 46.8. The van der Waals surface area contributed by atoms with Gasteiger partial charge < -0.3 is 29.9 Å². The highest BCUT2D eigenvalue weighted by Crippen LogP contribution is 2.22. The first-order valence-corrected chi connectivity index (χ1v) is 6.48. The summed E-state index contributed by atoms with van der Waals surface area (Å²) in [7, 11) is 0. The normalized spacial score (nSPS) is 32.6. The molecule has 1 fully saturated rings. The Morgan fingerprint density at radius 3 is 2.33 bits per heavy atom. The van der Waals surface area contributed by atoms with Gasteiger partial charge in [-0.1, -0.05) is 12.1 Å². The van der Waals surface area contributed by atoms with Crippen LogP contribution in [0.15, 0.2) is 24.3 Å². The van der Waals surface area contributed by atoms with Gasteiger partial charge in [0.05, 0.1) is 24.8 Å². The summed E-state index contributed by atoms with van der Waals surface area (Å²) < 4.78 is 10.6. The van der Waals surface area contributed by atoms with E-state index >= 15 is 0 Å². The van der Waals surface area contributed by atoms with Crippen LogP contribution in [0.3, 0.4) is 0 Å². The van der Waals surface area contributed by atoms with Gasteiger partial charge in [0.1, 0.15) is 24.4 Å². The van der Waals surface area contributed by atoms with Crippen LogP contribution in [0.1, 0.15) is 11.1 Å². The number of aliphatic hydroxyl groups is 4. The predicted octanol–water partition coefficient (Wildman–Crippen LogP) is -1.13. The number of rotatable bonds is 4. The van der Waals surface area contributed by atoms with E-state index in [1.807, 2.05) is 6.07 Å². The molecule has 1 heterocycles. The van der Waals surface area contributed by atoms with Gasteiger partial charge in [0, 0.05) is 0 Å². The van der Waals surface area contributed by atoms with Crippen LogP contribution in [0.25, 0.3) is 0 Å². The molecule has 114 valence electrons. The monoisotopic (exact) mass is 295 g/mol. The van der Waals surface area contributed by atoms with Gasteiger partial charge in [-0.15, -0.1) is 0 Å². The standard InChI is InChI=1S/C14H17NO6/c15-5-8-1-3-9(4-2-8)7-20-14-13(19)12(18)11(17)10(6-16)21-14/h1-4,10-14,16-19H,6-7H2/t10-,11-,12+,13-,14-/m1/s1. The number of ether oxygens (including phenoxy) is 2. The fourth-order valence-electron chi connectivity index (χ4n) is 2.06. The van der Waals surface area contributed by atoms with Crippen molar-refractivity contribution in [2.45, 2.75) is 37.3 Å². The lowest BCUT2D eigenvalue weighted by Gasteiger charge is -2.39. The van der Waals surface area contributed by atoms with Crippen molar-refractivity contribution in [2.24, 2.45) is 0 Å². The van der Waals surface area contributed by atoms with Gasteiger partial charge in [0.25, 0.3) is 0 Å². The Balaban J connectivity index is 1.96. The van der Waals surface area contributed by atoms with Crippen molar-refractivity contribution in [1.29, 1.82) is 5.26 Å². The molecule has 0 spiro atoms. The number of aliphatic hydroxyl groups excluding tert-OH is 4. The molecule has 2 rings (SSSR count). The molecule has 0 aliphatic carbocycles. The third-order valence-corrected chi connectivity index (χ3v) is 3.35. The first-order chi connectivity index (χ1) is 10.1. The molecular weight excluding hydrogens is 278 g/mol. The van der Waals surface area contributed by atoms with E-state index in [0.29, 0.717) is 5.56 Å². The minimum atomic E-state index is -1.46. The summed E-state index contributed by atoms with van der Waals surface area (Å²) in [5.74, 6) is 0. The van der Waals surface area contributed by atoms with Crippen LogP contribution >= 0.6 is 0 Å². The molecule has 0 unspecified atom stereocenters. The van der Waals surface area contributed by atoms with Gasteiger partial charge in [-0.25, -0.2) is 0 Å². The highest BCUT2D eigenvalue weighted by Gasteiger charge is 2.43. The zero-order chi connectivity index (χ0) is 15.4. The fourth-order valence-corrected chi connectivity index (χ4v) is 2.06.